The van der Waals surface area contributed by atoms with Gasteiger partial charge in [-0.15, -0.1) is 5.10 Å². The Morgan fingerprint density at radius 1 is 1.11 bits per heavy atom. The third-order valence-electron chi connectivity index (χ3n) is 6.85. The summed E-state index contributed by atoms with van der Waals surface area (Å²) in [4.78, 5) is 6.39. The fourth-order valence-corrected chi connectivity index (χ4v) is 4.93. The lowest BCUT2D eigenvalue weighted by atomic mass is 9.95. The van der Waals surface area contributed by atoms with Crippen molar-refractivity contribution in [1.82, 2.24) is 35.1 Å². The number of piperidine rings is 1. The number of hydrogen-bond acceptors (Lipinski definition) is 6. The van der Waals surface area contributed by atoms with Gasteiger partial charge < -0.3 is 4.74 Å². The highest BCUT2D eigenvalue weighted by Crippen LogP contribution is 2.30. The molecule has 3 aromatic heterocycles. The lowest BCUT2D eigenvalue weighted by Crippen LogP contribution is -2.34. The van der Waals surface area contributed by atoms with Crippen LogP contribution in [0.15, 0.2) is 67.1 Å². The Morgan fingerprint density at radius 2 is 2.00 bits per heavy atom. The molecule has 4 heterocycles. The molecule has 0 radical (unpaired) electrons. The molecule has 0 amide bonds. The van der Waals surface area contributed by atoms with E-state index >= 15 is 0 Å². The zero-order valence-corrected chi connectivity index (χ0v) is 19.9. The number of hydrogen-bond donors (Lipinski definition) is 1. The minimum Gasteiger partial charge on any atom is -0.497 e. The molecule has 1 aliphatic rings. The van der Waals surface area contributed by atoms with Gasteiger partial charge in [-0.05, 0) is 55.8 Å². The van der Waals surface area contributed by atoms with Crippen LogP contribution in [-0.4, -0.2) is 55.3 Å². The molecular formula is C27H26FN7O. The topological polar surface area (TPSA) is 84.8 Å². The number of pyridine rings is 1. The van der Waals surface area contributed by atoms with Crippen molar-refractivity contribution >= 4 is 10.9 Å². The van der Waals surface area contributed by atoms with Crippen LogP contribution >= 0.6 is 0 Å². The lowest BCUT2D eigenvalue weighted by molar-refractivity contribution is 0.196. The molecule has 1 N–H and O–H groups in total. The average Bonchev–Trinajstić information content (AvgIpc) is 3.58. The molecule has 182 valence electrons. The van der Waals surface area contributed by atoms with Gasteiger partial charge in [0.1, 0.15) is 17.3 Å². The first-order valence-corrected chi connectivity index (χ1v) is 12.0. The Kier molecular flexibility index (Phi) is 5.90. The van der Waals surface area contributed by atoms with Gasteiger partial charge >= 0.3 is 0 Å². The first-order chi connectivity index (χ1) is 17.7. The Morgan fingerprint density at radius 3 is 2.83 bits per heavy atom. The maximum absolute atomic E-state index is 14.5. The number of nitrogens with one attached hydrogen (secondary N) is 1. The predicted octanol–water partition coefficient (Wildman–Crippen LogP) is 4.73. The van der Waals surface area contributed by atoms with Gasteiger partial charge in [-0.2, -0.15) is 5.10 Å². The largest absolute Gasteiger partial charge is 0.497 e. The quantitative estimate of drug-likeness (QED) is 0.376. The molecule has 0 saturated carbocycles. The summed E-state index contributed by atoms with van der Waals surface area (Å²) < 4.78 is 21.4. The molecule has 0 bridgehead atoms. The van der Waals surface area contributed by atoms with Crippen molar-refractivity contribution < 1.29 is 9.13 Å². The maximum Gasteiger partial charge on any atom is 0.131 e. The maximum atomic E-state index is 14.5. The van der Waals surface area contributed by atoms with Crippen molar-refractivity contribution in [2.24, 2.45) is 0 Å². The number of likely N-dealkylation sites (tertiary alicyclic amines) is 1. The number of aromatic amines is 1. The van der Waals surface area contributed by atoms with E-state index in [1.165, 1.54) is 6.07 Å². The molecule has 9 heteroatoms. The second-order valence-electron chi connectivity index (χ2n) is 9.16. The van der Waals surface area contributed by atoms with Crippen molar-refractivity contribution in [3.05, 3.63) is 84.2 Å². The monoisotopic (exact) mass is 483 g/mol. The molecule has 0 spiro atoms. The van der Waals surface area contributed by atoms with Gasteiger partial charge in [0.15, 0.2) is 0 Å². The number of halogens is 1. The predicted molar refractivity (Wildman–Crippen MR) is 134 cm³/mol. The standard InChI is InChI=1S/C27H26FN7O/c1-36-22-6-4-19(24(28)14-22)15-34-12-2-3-20(16-34)26-17-35(33-31-26)21-5-7-25-23(13-21)27(32-30-25)18-8-10-29-11-9-18/h4-11,13-14,17,20H,2-3,12,15-16H2,1H3,(H,30,32)/t20-/m1/s1. The van der Waals surface area contributed by atoms with E-state index < -0.39 is 0 Å². The van der Waals surface area contributed by atoms with Gasteiger partial charge in [-0.25, -0.2) is 9.07 Å². The van der Waals surface area contributed by atoms with Crippen molar-refractivity contribution in [3.8, 4) is 22.7 Å². The van der Waals surface area contributed by atoms with Crippen LogP contribution in [0.5, 0.6) is 5.75 Å². The summed E-state index contributed by atoms with van der Waals surface area (Å²) in [7, 11) is 1.55. The number of benzene rings is 2. The number of nitrogens with zero attached hydrogens (tertiary/aromatic N) is 6. The minimum atomic E-state index is -0.233. The van der Waals surface area contributed by atoms with Crippen LogP contribution in [0, 0.1) is 5.82 Å². The van der Waals surface area contributed by atoms with Crippen LogP contribution < -0.4 is 4.74 Å². The van der Waals surface area contributed by atoms with Gasteiger partial charge in [0, 0.05) is 54.0 Å². The molecule has 0 unspecified atom stereocenters. The molecule has 36 heavy (non-hydrogen) atoms. The molecule has 2 aromatic carbocycles. The fraction of sp³-hybridized carbons (Fsp3) is 0.259. The lowest BCUT2D eigenvalue weighted by Gasteiger charge is -2.31. The van der Waals surface area contributed by atoms with Crippen LogP contribution in [0.1, 0.15) is 30.0 Å². The molecule has 8 nitrogen and oxygen atoms in total. The Labute approximate surface area is 207 Å². The molecule has 1 fully saturated rings. The van der Waals surface area contributed by atoms with Gasteiger partial charge in [0.25, 0.3) is 0 Å². The van der Waals surface area contributed by atoms with E-state index in [0.717, 1.165) is 59.5 Å². The Balaban J connectivity index is 1.21. The highest BCUT2D eigenvalue weighted by molar-refractivity contribution is 5.94. The van der Waals surface area contributed by atoms with Crippen molar-refractivity contribution in [2.75, 3.05) is 20.2 Å². The second-order valence-corrected chi connectivity index (χ2v) is 9.16. The molecule has 1 atom stereocenters. The van der Waals surface area contributed by atoms with Crippen molar-refractivity contribution in [1.29, 1.82) is 0 Å². The Bertz CT molecular complexity index is 1500. The second kappa shape index (κ2) is 9.50. The number of fused-ring (bicyclic) bond motifs is 1. The van der Waals surface area contributed by atoms with E-state index in [4.69, 9.17) is 4.74 Å². The Hall–Kier alpha value is -4.11. The van der Waals surface area contributed by atoms with E-state index in [-0.39, 0.29) is 11.7 Å². The summed E-state index contributed by atoms with van der Waals surface area (Å²) in [6.45, 7) is 2.32. The summed E-state index contributed by atoms with van der Waals surface area (Å²) in [6.07, 6.45) is 7.61. The molecule has 6 rings (SSSR count). The van der Waals surface area contributed by atoms with Crippen molar-refractivity contribution in [3.63, 3.8) is 0 Å². The van der Waals surface area contributed by atoms with Crippen LogP contribution in [0.3, 0.4) is 0 Å². The first-order valence-electron chi connectivity index (χ1n) is 12.0. The van der Waals surface area contributed by atoms with Crippen molar-refractivity contribution in [2.45, 2.75) is 25.3 Å². The van der Waals surface area contributed by atoms with E-state index in [1.54, 1.807) is 25.6 Å². The molecular weight excluding hydrogens is 457 g/mol. The average molecular weight is 484 g/mol. The molecule has 1 aliphatic heterocycles. The minimum absolute atomic E-state index is 0.233. The number of ether oxygens (including phenoxy) is 1. The van der Waals surface area contributed by atoms with Crippen LogP contribution in [0.2, 0.25) is 0 Å². The third-order valence-corrected chi connectivity index (χ3v) is 6.85. The summed E-state index contributed by atoms with van der Waals surface area (Å²) in [5.74, 6) is 0.549. The van der Waals surface area contributed by atoms with Gasteiger partial charge in [-0.1, -0.05) is 11.3 Å². The summed E-state index contributed by atoms with van der Waals surface area (Å²) in [6, 6.07) is 15.0. The smallest absolute Gasteiger partial charge is 0.131 e. The zero-order valence-electron chi connectivity index (χ0n) is 19.9. The fourth-order valence-electron chi connectivity index (χ4n) is 4.93. The SMILES string of the molecule is COc1ccc(CN2CCC[C@@H](c3cn(-c4ccc5[nH]nc(-c6ccncc6)c5c4)nn3)C2)c(F)c1. The number of rotatable bonds is 6. The van der Waals surface area contributed by atoms with E-state index in [0.29, 0.717) is 17.9 Å². The van der Waals surface area contributed by atoms with E-state index in [2.05, 4.69) is 36.5 Å². The van der Waals surface area contributed by atoms with E-state index in [9.17, 15) is 4.39 Å². The zero-order chi connectivity index (χ0) is 24.5. The number of methoxy groups -OCH3 is 1. The normalized spacial score (nSPS) is 16.4. The van der Waals surface area contributed by atoms with Crippen LogP contribution in [-0.2, 0) is 6.54 Å². The number of aromatic nitrogens is 6. The van der Waals surface area contributed by atoms with Gasteiger partial charge in [0.05, 0.1) is 30.2 Å². The molecule has 1 saturated heterocycles. The molecule has 0 aliphatic carbocycles. The highest BCUT2D eigenvalue weighted by Gasteiger charge is 2.25. The van der Waals surface area contributed by atoms with Crippen LogP contribution in [0.4, 0.5) is 4.39 Å². The summed E-state index contributed by atoms with van der Waals surface area (Å²) in [5, 5.41) is 17.6. The van der Waals surface area contributed by atoms with Gasteiger partial charge in [0.2, 0.25) is 0 Å². The van der Waals surface area contributed by atoms with Crippen LogP contribution in [0.25, 0.3) is 27.8 Å². The highest BCUT2D eigenvalue weighted by atomic mass is 19.1. The van der Waals surface area contributed by atoms with E-state index in [1.807, 2.05) is 41.2 Å². The molecule has 5 aromatic rings. The third kappa shape index (κ3) is 4.33. The van der Waals surface area contributed by atoms with Gasteiger partial charge in [-0.3, -0.25) is 15.0 Å². The number of H-pyrrole nitrogens is 1. The summed E-state index contributed by atoms with van der Waals surface area (Å²) >= 11 is 0. The first kappa shape index (κ1) is 22.4. The summed E-state index contributed by atoms with van der Waals surface area (Å²) in [5.41, 5.74) is 5.40.